The third kappa shape index (κ3) is 5.58. The van der Waals surface area contributed by atoms with Gasteiger partial charge < -0.3 is 4.90 Å². The molecule has 208 valence electrons. The zero-order chi connectivity index (χ0) is 28.9. The van der Waals surface area contributed by atoms with E-state index in [-0.39, 0.29) is 11.5 Å². The van der Waals surface area contributed by atoms with Crippen molar-refractivity contribution in [3.8, 4) is 5.69 Å². The van der Waals surface area contributed by atoms with Crippen LogP contribution in [0, 0.1) is 13.8 Å². The average Bonchev–Trinajstić information content (AvgIpc) is 3.00. The highest BCUT2D eigenvalue weighted by Gasteiger charge is 2.34. The van der Waals surface area contributed by atoms with Crippen molar-refractivity contribution < 1.29 is 4.79 Å². The van der Waals surface area contributed by atoms with Crippen molar-refractivity contribution >= 4 is 16.8 Å². The fourth-order valence-corrected chi connectivity index (χ4v) is 5.62. The normalized spacial score (nSPS) is 12.0. The Balaban J connectivity index is 1.72. The number of fused-ring (bicyclic) bond motifs is 1. The van der Waals surface area contributed by atoms with Gasteiger partial charge in [0.25, 0.3) is 5.56 Å². The Labute approximate surface area is 242 Å². The summed E-state index contributed by atoms with van der Waals surface area (Å²) in [6, 6.07) is 33.0. The lowest BCUT2D eigenvalue weighted by molar-refractivity contribution is -0.134. The number of amides is 1. The molecule has 1 atom stereocenters. The second-order valence-electron chi connectivity index (χ2n) is 10.6. The molecule has 0 saturated heterocycles. The molecule has 0 aliphatic carbocycles. The Morgan fingerprint density at radius 1 is 0.805 bits per heavy atom. The molecule has 4 aromatic carbocycles. The number of aryl methyl sites for hydroxylation is 2. The van der Waals surface area contributed by atoms with Crippen molar-refractivity contribution in [1.82, 2.24) is 14.5 Å². The summed E-state index contributed by atoms with van der Waals surface area (Å²) in [4.78, 5) is 35.9. The molecule has 1 unspecified atom stereocenters. The van der Waals surface area contributed by atoms with Gasteiger partial charge in [0.05, 0.1) is 28.6 Å². The Kier molecular flexibility index (Phi) is 8.44. The highest BCUT2D eigenvalue weighted by molar-refractivity contribution is 5.87. The first-order valence-electron chi connectivity index (χ1n) is 14.4. The first-order valence-corrected chi connectivity index (χ1v) is 14.4. The summed E-state index contributed by atoms with van der Waals surface area (Å²) in [6.45, 7) is 8.80. The van der Waals surface area contributed by atoms with Crippen molar-refractivity contribution in [2.75, 3.05) is 6.54 Å². The molecular formula is C36H37N3O2. The molecule has 0 bridgehead atoms. The zero-order valence-electron chi connectivity index (χ0n) is 24.2. The van der Waals surface area contributed by atoms with E-state index in [2.05, 4.69) is 20.8 Å². The number of hydrogen-bond donors (Lipinski definition) is 0. The summed E-state index contributed by atoms with van der Waals surface area (Å²) in [5.74, 6) is 0.117. The van der Waals surface area contributed by atoms with Crippen LogP contribution in [0.15, 0.2) is 108 Å². The maximum atomic E-state index is 14.7. The third-order valence-corrected chi connectivity index (χ3v) is 7.87. The lowest BCUT2D eigenvalue weighted by atomic mass is 9.89. The number of hydrogen-bond acceptors (Lipinski definition) is 3. The second-order valence-corrected chi connectivity index (χ2v) is 10.6. The van der Waals surface area contributed by atoms with E-state index in [0.29, 0.717) is 29.7 Å². The SMILES string of the molecule is CCCN(C(=O)C(c1ccccc1)c1ccccc1)C(CC)c1nc2ccccc2c(=O)n1-c1ccc(C)c(C)c1. The molecule has 5 rings (SSSR count). The second kappa shape index (κ2) is 12.3. The van der Waals surface area contributed by atoms with Crippen molar-refractivity contribution in [1.29, 1.82) is 0 Å². The summed E-state index contributed by atoms with van der Waals surface area (Å²) in [6.07, 6.45) is 1.39. The van der Waals surface area contributed by atoms with Crippen LogP contribution < -0.4 is 5.56 Å². The molecular weight excluding hydrogens is 506 g/mol. The monoisotopic (exact) mass is 543 g/mol. The number of para-hydroxylation sites is 1. The molecule has 0 fully saturated rings. The van der Waals surface area contributed by atoms with Crippen LogP contribution in [0.1, 0.15) is 66.7 Å². The topological polar surface area (TPSA) is 55.2 Å². The number of carbonyl (C=O) groups is 1. The summed E-state index contributed by atoms with van der Waals surface area (Å²) in [7, 11) is 0. The lowest BCUT2D eigenvalue weighted by Gasteiger charge is -2.35. The summed E-state index contributed by atoms with van der Waals surface area (Å²) < 4.78 is 1.72. The summed E-state index contributed by atoms with van der Waals surface area (Å²) in [5.41, 5.74) is 5.40. The Bertz CT molecular complexity index is 1670. The quantitative estimate of drug-likeness (QED) is 0.193. The first-order chi connectivity index (χ1) is 19.9. The van der Waals surface area contributed by atoms with Crippen molar-refractivity contribution in [3.05, 3.63) is 142 Å². The van der Waals surface area contributed by atoms with Crippen molar-refractivity contribution in [2.24, 2.45) is 0 Å². The molecule has 0 spiro atoms. The molecule has 1 amide bonds. The van der Waals surface area contributed by atoms with Gasteiger partial charge in [-0.1, -0.05) is 92.7 Å². The van der Waals surface area contributed by atoms with Gasteiger partial charge in [-0.15, -0.1) is 0 Å². The molecule has 0 aliphatic rings. The molecule has 0 saturated carbocycles. The maximum Gasteiger partial charge on any atom is 0.266 e. The van der Waals surface area contributed by atoms with E-state index in [1.54, 1.807) is 4.57 Å². The van der Waals surface area contributed by atoms with Crippen LogP contribution in [0.4, 0.5) is 0 Å². The van der Waals surface area contributed by atoms with E-state index in [4.69, 9.17) is 4.98 Å². The summed E-state index contributed by atoms with van der Waals surface area (Å²) in [5, 5.41) is 0.559. The van der Waals surface area contributed by atoms with E-state index in [1.807, 2.05) is 115 Å². The van der Waals surface area contributed by atoms with Gasteiger partial charge in [0.2, 0.25) is 5.91 Å². The highest BCUT2D eigenvalue weighted by atomic mass is 16.2. The van der Waals surface area contributed by atoms with E-state index in [0.717, 1.165) is 34.4 Å². The fraction of sp³-hybridized carbons (Fsp3) is 0.250. The Hall–Kier alpha value is -4.51. The van der Waals surface area contributed by atoms with E-state index in [9.17, 15) is 9.59 Å². The standard InChI is InChI=1S/C36H37N3O2/c1-5-23-38(36(41)33(27-15-9-7-10-16-27)28-17-11-8-12-18-28)32(6-2)34-37-31-20-14-13-19-30(31)35(40)39(34)29-22-21-25(3)26(4)24-29/h7-22,24,32-33H,5-6,23H2,1-4H3. The van der Waals surface area contributed by atoms with Crippen LogP contribution in [0.3, 0.4) is 0 Å². The van der Waals surface area contributed by atoms with Crippen LogP contribution in [0.2, 0.25) is 0 Å². The van der Waals surface area contributed by atoms with Crippen LogP contribution >= 0.6 is 0 Å². The maximum absolute atomic E-state index is 14.7. The predicted molar refractivity (Wildman–Crippen MR) is 167 cm³/mol. The van der Waals surface area contributed by atoms with Crippen LogP contribution in [0.25, 0.3) is 16.6 Å². The van der Waals surface area contributed by atoms with E-state index in [1.165, 1.54) is 0 Å². The van der Waals surface area contributed by atoms with Crippen LogP contribution in [-0.4, -0.2) is 26.9 Å². The number of nitrogens with zero attached hydrogens (tertiary/aromatic N) is 3. The van der Waals surface area contributed by atoms with Gasteiger partial charge in [-0.05, 0) is 73.2 Å². The molecule has 41 heavy (non-hydrogen) atoms. The van der Waals surface area contributed by atoms with Crippen LogP contribution in [-0.2, 0) is 4.79 Å². The highest BCUT2D eigenvalue weighted by Crippen LogP contribution is 2.33. The van der Waals surface area contributed by atoms with Gasteiger partial charge in [0, 0.05) is 6.54 Å². The van der Waals surface area contributed by atoms with Gasteiger partial charge in [-0.3, -0.25) is 14.2 Å². The van der Waals surface area contributed by atoms with Gasteiger partial charge in [0.1, 0.15) is 5.82 Å². The molecule has 0 radical (unpaired) electrons. The minimum absolute atomic E-state index is 0.00476. The molecule has 0 N–H and O–H groups in total. The fourth-order valence-electron chi connectivity index (χ4n) is 5.62. The van der Waals surface area contributed by atoms with Gasteiger partial charge in [-0.2, -0.15) is 0 Å². The number of benzene rings is 4. The summed E-state index contributed by atoms with van der Waals surface area (Å²) >= 11 is 0. The van der Waals surface area contributed by atoms with Crippen LogP contribution in [0.5, 0.6) is 0 Å². The predicted octanol–water partition coefficient (Wildman–Crippen LogP) is 7.52. The Morgan fingerprint density at radius 2 is 1.41 bits per heavy atom. The first kappa shape index (κ1) is 28.0. The smallest absolute Gasteiger partial charge is 0.266 e. The number of aromatic nitrogens is 2. The molecule has 5 nitrogen and oxygen atoms in total. The third-order valence-electron chi connectivity index (χ3n) is 7.87. The molecule has 1 aromatic heterocycles. The average molecular weight is 544 g/mol. The zero-order valence-corrected chi connectivity index (χ0v) is 24.2. The largest absolute Gasteiger partial charge is 0.332 e. The molecule has 5 aromatic rings. The number of rotatable bonds is 9. The molecule has 5 heteroatoms. The molecule has 0 aliphatic heterocycles. The van der Waals surface area contributed by atoms with Gasteiger partial charge in [-0.25, -0.2) is 4.98 Å². The number of carbonyl (C=O) groups excluding carboxylic acids is 1. The van der Waals surface area contributed by atoms with Crippen molar-refractivity contribution in [2.45, 2.75) is 52.5 Å². The minimum Gasteiger partial charge on any atom is -0.332 e. The van der Waals surface area contributed by atoms with Crippen molar-refractivity contribution in [3.63, 3.8) is 0 Å². The minimum atomic E-state index is -0.472. The lowest BCUT2D eigenvalue weighted by Crippen LogP contribution is -2.41. The van der Waals surface area contributed by atoms with Gasteiger partial charge >= 0.3 is 0 Å². The molecule has 1 heterocycles. The Morgan fingerprint density at radius 3 is 2.00 bits per heavy atom. The van der Waals surface area contributed by atoms with Gasteiger partial charge in [0.15, 0.2) is 0 Å². The van der Waals surface area contributed by atoms with E-state index < -0.39 is 12.0 Å². The van der Waals surface area contributed by atoms with E-state index >= 15 is 0 Å².